The summed E-state index contributed by atoms with van der Waals surface area (Å²) >= 11 is 0. The maximum absolute atomic E-state index is 15.0. The first-order valence-electron chi connectivity index (χ1n) is 12.1. The Morgan fingerprint density at radius 1 is 1.18 bits per heavy atom. The van der Waals surface area contributed by atoms with Crippen LogP contribution in [0.25, 0.3) is 11.1 Å². The number of fused-ring (bicyclic) bond motifs is 3. The van der Waals surface area contributed by atoms with Crippen LogP contribution in [-0.2, 0) is 24.3 Å². The first kappa shape index (κ1) is 27.7. The van der Waals surface area contributed by atoms with Gasteiger partial charge in [-0.05, 0) is 43.2 Å². The van der Waals surface area contributed by atoms with Crippen LogP contribution < -0.4 is 10.2 Å². The van der Waals surface area contributed by atoms with Gasteiger partial charge in [0.2, 0.25) is 10.0 Å². The van der Waals surface area contributed by atoms with Gasteiger partial charge >= 0.3 is 12.2 Å². The molecule has 2 bridgehead atoms. The monoisotopic (exact) mass is 582 g/mol. The third kappa shape index (κ3) is 5.05. The van der Waals surface area contributed by atoms with Crippen LogP contribution >= 0.6 is 0 Å². The molecule has 3 aromatic rings. The number of nitrogens with zero attached hydrogens (tertiary/aromatic N) is 3. The van der Waals surface area contributed by atoms with Gasteiger partial charge in [-0.3, -0.25) is 14.9 Å². The summed E-state index contributed by atoms with van der Waals surface area (Å²) in [5.74, 6) is -3.12. The number of hydroxylamine groups is 1. The lowest BCUT2D eigenvalue weighted by Crippen LogP contribution is -2.66. The van der Waals surface area contributed by atoms with Crippen LogP contribution in [0, 0.1) is 11.6 Å². The second-order valence-electron chi connectivity index (χ2n) is 9.09. The van der Waals surface area contributed by atoms with Gasteiger partial charge in [-0.1, -0.05) is 0 Å². The van der Waals surface area contributed by atoms with E-state index in [-0.39, 0.29) is 43.4 Å². The molecule has 2 N–H and O–H groups in total. The number of hydrogen-bond donors (Lipinski definition) is 2. The maximum Gasteiger partial charge on any atom is 0.410 e. The van der Waals surface area contributed by atoms with Crippen molar-refractivity contribution < 1.29 is 50.6 Å². The lowest BCUT2D eigenvalue weighted by molar-refractivity contribution is -0.136. The van der Waals surface area contributed by atoms with E-state index >= 15 is 4.39 Å². The lowest BCUT2D eigenvalue weighted by Gasteiger charge is -2.44. The lowest BCUT2D eigenvalue weighted by atomic mass is 10.1. The summed E-state index contributed by atoms with van der Waals surface area (Å²) in [5.41, 5.74) is 1.80. The van der Waals surface area contributed by atoms with Crippen molar-refractivity contribution in [3.63, 3.8) is 0 Å². The van der Waals surface area contributed by atoms with Gasteiger partial charge in [0.1, 0.15) is 24.0 Å². The zero-order valence-corrected chi connectivity index (χ0v) is 21.8. The fraction of sp³-hybridized carbons (Fsp3) is 0.375. The molecule has 13 nitrogen and oxygen atoms in total. The third-order valence-electron chi connectivity index (χ3n) is 6.75. The molecule has 3 heterocycles. The predicted molar refractivity (Wildman–Crippen MR) is 130 cm³/mol. The van der Waals surface area contributed by atoms with Crippen LogP contribution in [0.15, 0.2) is 45.7 Å². The molecule has 16 heteroatoms. The van der Waals surface area contributed by atoms with Gasteiger partial charge in [0, 0.05) is 25.8 Å². The van der Waals surface area contributed by atoms with Crippen molar-refractivity contribution >= 4 is 33.1 Å². The smallest absolute Gasteiger partial charge is 0.410 e. The summed E-state index contributed by atoms with van der Waals surface area (Å²) in [6.07, 6.45) is -0.489. The van der Waals surface area contributed by atoms with Crippen LogP contribution in [0.1, 0.15) is 12.8 Å². The van der Waals surface area contributed by atoms with Crippen molar-refractivity contribution in [1.29, 1.82) is 0 Å². The van der Waals surface area contributed by atoms with Crippen LogP contribution in [0.5, 0.6) is 11.8 Å². The minimum Gasteiger partial charge on any atom is -0.447 e. The summed E-state index contributed by atoms with van der Waals surface area (Å²) in [7, 11) is -3.08. The summed E-state index contributed by atoms with van der Waals surface area (Å²) in [5, 5.41) is 9.37. The van der Waals surface area contributed by atoms with Gasteiger partial charge in [-0.2, -0.15) is 9.29 Å². The molecule has 0 saturated carbocycles. The maximum atomic E-state index is 15.0. The molecular formula is C24H24F2N4O9S. The number of aromatic nitrogens is 1. The van der Waals surface area contributed by atoms with Gasteiger partial charge in [-0.15, -0.1) is 0 Å². The van der Waals surface area contributed by atoms with E-state index in [1.165, 1.54) is 23.6 Å². The number of nitrogens with one attached hydrogen (secondary N) is 1. The van der Waals surface area contributed by atoms with E-state index in [0.29, 0.717) is 12.5 Å². The molecule has 214 valence electrons. The first-order valence-corrected chi connectivity index (χ1v) is 13.5. The van der Waals surface area contributed by atoms with Crippen molar-refractivity contribution in [2.24, 2.45) is 0 Å². The predicted octanol–water partition coefficient (Wildman–Crippen LogP) is 2.39. The SMILES string of the molecule is COCCOC(=O)N1[C@@H]2CC[C@H]1[C@H](C(=O)NO)N(S(=O)(=O)c1ccc(Oc3nc4cc(F)ccc4o3)c(F)c1)C2. The number of piperazine rings is 1. The standard InChI is InChI=1S/C24H24F2N4O9S/c1-36-8-9-37-24(32)30-14-3-5-18(30)21(22(31)28-33)29(12-14)40(34,35)15-4-7-19(16(26)11-15)38-23-27-17-10-13(25)2-6-20(17)39-23/h2,4,6-7,10-11,14,18,21,33H,3,5,8-9,12H2,1H3,(H,28,31)/t14-,18+,21-/m1/s1. The zero-order valence-electron chi connectivity index (χ0n) is 21.0. The molecule has 2 amide bonds. The van der Waals surface area contributed by atoms with Gasteiger partial charge in [-0.25, -0.2) is 27.5 Å². The van der Waals surface area contributed by atoms with Crippen molar-refractivity contribution in [2.45, 2.75) is 35.9 Å². The zero-order chi connectivity index (χ0) is 28.6. The molecule has 40 heavy (non-hydrogen) atoms. The molecule has 2 aliphatic rings. The Morgan fingerprint density at radius 2 is 1.98 bits per heavy atom. The fourth-order valence-electron chi connectivity index (χ4n) is 4.98. The number of hydrogen-bond acceptors (Lipinski definition) is 10. The number of amides is 2. The normalized spacial score (nSPS) is 21.0. The van der Waals surface area contributed by atoms with E-state index in [9.17, 15) is 27.6 Å². The van der Waals surface area contributed by atoms with Crippen LogP contribution in [0.3, 0.4) is 0 Å². The van der Waals surface area contributed by atoms with Crippen molar-refractivity contribution in [3.8, 4) is 11.8 Å². The van der Waals surface area contributed by atoms with E-state index in [1.54, 1.807) is 0 Å². The average Bonchev–Trinajstić information content (AvgIpc) is 3.47. The molecule has 3 atom stereocenters. The molecule has 2 aromatic carbocycles. The largest absolute Gasteiger partial charge is 0.447 e. The highest BCUT2D eigenvalue weighted by Crippen LogP contribution is 2.38. The summed E-state index contributed by atoms with van der Waals surface area (Å²) in [4.78, 5) is 30.1. The third-order valence-corrected chi connectivity index (χ3v) is 8.59. The topological polar surface area (TPSA) is 161 Å². The number of halogens is 2. The van der Waals surface area contributed by atoms with E-state index < -0.39 is 62.4 Å². The quantitative estimate of drug-likeness (QED) is 0.229. The molecule has 2 aliphatic heterocycles. The number of sulfonamides is 1. The number of carbonyl (C=O) groups is 2. The molecule has 2 fully saturated rings. The number of methoxy groups -OCH3 is 1. The summed E-state index contributed by atoms with van der Waals surface area (Å²) in [6.45, 7) is -0.194. The second kappa shape index (κ2) is 11.0. The van der Waals surface area contributed by atoms with E-state index in [2.05, 4.69) is 4.98 Å². The molecule has 0 spiro atoms. The Kier molecular flexibility index (Phi) is 7.59. The number of oxazole rings is 1. The van der Waals surface area contributed by atoms with Gasteiger partial charge in [0.15, 0.2) is 17.1 Å². The molecule has 0 unspecified atom stereocenters. The average molecular weight is 583 g/mol. The summed E-state index contributed by atoms with van der Waals surface area (Å²) < 4.78 is 77.2. The Bertz CT molecular complexity index is 1550. The molecular weight excluding hydrogens is 558 g/mol. The number of rotatable bonds is 8. The van der Waals surface area contributed by atoms with Crippen molar-refractivity contribution in [3.05, 3.63) is 48.0 Å². The highest BCUT2D eigenvalue weighted by molar-refractivity contribution is 7.89. The van der Waals surface area contributed by atoms with Crippen LogP contribution in [0.2, 0.25) is 0 Å². The van der Waals surface area contributed by atoms with Gasteiger partial charge < -0.3 is 18.6 Å². The minimum atomic E-state index is -4.51. The Hall–Kier alpha value is -3.86. The minimum absolute atomic E-state index is 0.0434. The summed E-state index contributed by atoms with van der Waals surface area (Å²) in [6, 6.07) is 3.31. The molecule has 0 radical (unpaired) electrons. The molecule has 5 rings (SSSR count). The van der Waals surface area contributed by atoms with Gasteiger partial charge in [0.05, 0.1) is 17.5 Å². The second-order valence-corrected chi connectivity index (χ2v) is 11.0. The number of benzene rings is 2. The number of carbonyl (C=O) groups excluding carboxylic acids is 2. The van der Waals surface area contributed by atoms with Gasteiger partial charge in [0.25, 0.3) is 5.91 Å². The van der Waals surface area contributed by atoms with Crippen molar-refractivity contribution in [1.82, 2.24) is 19.7 Å². The van der Waals surface area contributed by atoms with Crippen molar-refractivity contribution in [2.75, 3.05) is 26.9 Å². The Labute approximate surface area is 226 Å². The molecule has 1 aromatic heterocycles. The first-order chi connectivity index (χ1) is 19.1. The Morgan fingerprint density at radius 3 is 2.70 bits per heavy atom. The molecule has 0 aliphatic carbocycles. The van der Waals surface area contributed by atoms with E-state index in [4.69, 9.17) is 18.6 Å². The number of ether oxygens (including phenoxy) is 3. The highest BCUT2D eigenvalue weighted by atomic mass is 32.2. The van der Waals surface area contributed by atoms with Crippen LogP contribution in [0.4, 0.5) is 13.6 Å². The molecule has 2 saturated heterocycles. The van der Waals surface area contributed by atoms with Crippen LogP contribution in [-0.4, -0.2) is 84.8 Å². The Balaban J connectivity index is 1.40. The van der Waals surface area contributed by atoms with E-state index in [0.717, 1.165) is 28.6 Å². The highest BCUT2D eigenvalue weighted by Gasteiger charge is 2.55. The fourth-order valence-corrected chi connectivity index (χ4v) is 6.65. The van der Waals surface area contributed by atoms with E-state index in [1.807, 2.05) is 0 Å².